The second kappa shape index (κ2) is 11.8. The van der Waals surface area contributed by atoms with Gasteiger partial charge in [0, 0.05) is 57.3 Å². The third kappa shape index (κ3) is 5.72. The van der Waals surface area contributed by atoms with Gasteiger partial charge in [-0.05, 0) is 34.4 Å². The number of rotatable bonds is 9. The standard InChI is InChI=1S/C31H32N2O6S/c1-37-31(14-16-38-17-15-31)28-18-24(10-13-27(28)22-8-11-26(12-9-22)40(2,35)36)25(20-33-34)19-29-30(32-21-39-29)23-6-4-3-5-7-23/h3-13,18,20-21,25,34H,14-17,19H2,1-2H3/b33-20+. The van der Waals surface area contributed by atoms with E-state index in [0.29, 0.717) is 38.2 Å². The molecule has 0 bridgehead atoms. The lowest BCUT2D eigenvalue weighted by molar-refractivity contribution is -0.0944. The number of oxazole rings is 1. The minimum atomic E-state index is -3.32. The lowest BCUT2D eigenvalue weighted by Crippen LogP contribution is -2.36. The van der Waals surface area contributed by atoms with Crippen LogP contribution in [-0.4, -0.2) is 51.4 Å². The molecule has 9 heteroatoms. The smallest absolute Gasteiger partial charge is 0.181 e. The van der Waals surface area contributed by atoms with E-state index in [1.165, 1.54) is 18.9 Å². The summed E-state index contributed by atoms with van der Waals surface area (Å²) in [5, 5.41) is 13.0. The van der Waals surface area contributed by atoms with Gasteiger partial charge in [0.15, 0.2) is 16.2 Å². The van der Waals surface area contributed by atoms with Gasteiger partial charge in [0.25, 0.3) is 0 Å². The van der Waals surface area contributed by atoms with Gasteiger partial charge in [-0.15, -0.1) is 5.16 Å². The fourth-order valence-corrected chi connectivity index (χ4v) is 6.00. The van der Waals surface area contributed by atoms with Crippen molar-refractivity contribution in [1.29, 1.82) is 0 Å². The van der Waals surface area contributed by atoms with E-state index in [4.69, 9.17) is 13.9 Å². The van der Waals surface area contributed by atoms with Crippen LogP contribution in [0.3, 0.4) is 0 Å². The molecule has 1 aliphatic heterocycles. The average Bonchev–Trinajstić information content (AvgIpc) is 3.45. The maximum absolute atomic E-state index is 12.0. The maximum atomic E-state index is 12.0. The van der Waals surface area contributed by atoms with Crippen molar-refractivity contribution in [3.05, 3.63) is 96.1 Å². The van der Waals surface area contributed by atoms with Gasteiger partial charge < -0.3 is 19.1 Å². The molecule has 0 aliphatic carbocycles. The zero-order chi connectivity index (χ0) is 28.2. The van der Waals surface area contributed by atoms with Crippen molar-refractivity contribution in [3.63, 3.8) is 0 Å². The molecule has 8 nitrogen and oxygen atoms in total. The number of hydrogen-bond acceptors (Lipinski definition) is 8. The first-order chi connectivity index (χ1) is 19.3. The van der Waals surface area contributed by atoms with Crippen LogP contribution in [0.1, 0.15) is 35.6 Å². The van der Waals surface area contributed by atoms with E-state index in [1.807, 2.05) is 54.6 Å². The highest BCUT2D eigenvalue weighted by Crippen LogP contribution is 2.42. The molecule has 0 amide bonds. The minimum absolute atomic E-state index is 0.266. The third-order valence-corrected chi connectivity index (χ3v) is 8.72. The molecule has 1 unspecified atom stereocenters. The molecule has 4 aromatic rings. The number of benzene rings is 3. The normalized spacial score (nSPS) is 16.2. The molecular weight excluding hydrogens is 528 g/mol. The van der Waals surface area contributed by atoms with Gasteiger partial charge in [0.05, 0.1) is 16.7 Å². The number of sulfone groups is 1. The molecule has 5 rings (SSSR count). The fourth-order valence-electron chi connectivity index (χ4n) is 5.37. The highest BCUT2D eigenvalue weighted by Gasteiger charge is 2.37. The second-order valence-electron chi connectivity index (χ2n) is 9.98. The Morgan fingerprint density at radius 1 is 1.05 bits per heavy atom. The highest BCUT2D eigenvalue weighted by atomic mass is 32.2. The molecule has 3 aromatic carbocycles. The predicted octanol–water partition coefficient (Wildman–Crippen LogP) is 5.85. The van der Waals surface area contributed by atoms with E-state index in [0.717, 1.165) is 33.5 Å². The molecule has 40 heavy (non-hydrogen) atoms. The molecule has 1 aromatic heterocycles. The number of methoxy groups -OCH3 is 1. The Bertz CT molecular complexity index is 1570. The summed E-state index contributed by atoms with van der Waals surface area (Å²) in [4.78, 5) is 4.70. The van der Waals surface area contributed by atoms with Crippen molar-refractivity contribution in [2.24, 2.45) is 5.16 Å². The summed E-state index contributed by atoms with van der Waals surface area (Å²) in [6.07, 6.45) is 5.90. The zero-order valence-electron chi connectivity index (χ0n) is 22.5. The van der Waals surface area contributed by atoms with Crippen LogP contribution < -0.4 is 0 Å². The van der Waals surface area contributed by atoms with Gasteiger partial charge in [-0.3, -0.25) is 0 Å². The summed E-state index contributed by atoms with van der Waals surface area (Å²) in [6.45, 7) is 1.12. The number of ether oxygens (including phenoxy) is 2. The molecule has 1 aliphatic rings. The van der Waals surface area contributed by atoms with Gasteiger partial charge in [-0.1, -0.05) is 60.7 Å². The van der Waals surface area contributed by atoms with Gasteiger partial charge >= 0.3 is 0 Å². The molecule has 0 saturated carbocycles. The van der Waals surface area contributed by atoms with Crippen molar-refractivity contribution >= 4 is 16.1 Å². The van der Waals surface area contributed by atoms with E-state index in [2.05, 4.69) is 16.2 Å². The molecule has 0 radical (unpaired) electrons. The third-order valence-electron chi connectivity index (χ3n) is 7.59. The molecule has 2 heterocycles. The predicted molar refractivity (Wildman–Crippen MR) is 152 cm³/mol. The van der Waals surface area contributed by atoms with Crippen LogP contribution in [0, 0.1) is 0 Å². The van der Waals surface area contributed by atoms with Gasteiger partial charge in [-0.2, -0.15) is 0 Å². The summed E-state index contributed by atoms with van der Waals surface area (Å²) in [5.41, 5.74) is 4.81. The summed E-state index contributed by atoms with van der Waals surface area (Å²) in [6, 6.07) is 22.8. The zero-order valence-corrected chi connectivity index (χ0v) is 23.3. The molecule has 1 saturated heterocycles. The monoisotopic (exact) mass is 560 g/mol. The van der Waals surface area contributed by atoms with Crippen molar-refractivity contribution in [3.8, 4) is 22.4 Å². The summed E-state index contributed by atoms with van der Waals surface area (Å²) < 4.78 is 41.7. The van der Waals surface area contributed by atoms with E-state index in [9.17, 15) is 13.6 Å². The molecule has 1 fully saturated rings. The Balaban J connectivity index is 1.58. The number of aromatic nitrogens is 1. The SMILES string of the molecule is COC1(c2cc(C(/C=N/O)Cc3ocnc3-c3ccccc3)ccc2-c2ccc(S(C)(=O)=O)cc2)CCOCC1. The van der Waals surface area contributed by atoms with Crippen LogP contribution in [0.2, 0.25) is 0 Å². The van der Waals surface area contributed by atoms with Crippen LogP contribution in [0.15, 0.2) is 93.7 Å². The summed E-state index contributed by atoms with van der Waals surface area (Å²) in [5.74, 6) is 0.375. The molecule has 208 valence electrons. The first kappa shape index (κ1) is 27.8. The van der Waals surface area contributed by atoms with Gasteiger partial charge in [0.1, 0.15) is 11.5 Å². The van der Waals surface area contributed by atoms with Crippen LogP contribution >= 0.6 is 0 Å². The van der Waals surface area contributed by atoms with Crippen molar-refractivity contribution in [1.82, 2.24) is 4.98 Å². The molecular formula is C31H32N2O6S. The van der Waals surface area contributed by atoms with Crippen LogP contribution in [-0.2, 0) is 31.3 Å². The highest BCUT2D eigenvalue weighted by molar-refractivity contribution is 7.90. The Kier molecular flexibility index (Phi) is 8.16. The van der Waals surface area contributed by atoms with Crippen LogP contribution in [0.4, 0.5) is 0 Å². The largest absolute Gasteiger partial charge is 0.448 e. The second-order valence-corrected chi connectivity index (χ2v) is 12.0. The van der Waals surface area contributed by atoms with E-state index >= 15 is 0 Å². The number of oxime groups is 1. The summed E-state index contributed by atoms with van der Waals surface area (Å²) in [7, 11) is -1.61. The van der Waals surface area contributed by atoms with E-state index in [1.54, 1.807) is 19.2 Å². The Hall–Kier alpha value is -3.79. The molecule has 1 N–H and O–H groups in total. The van der Waals surface area contributed by atoms with Crippen molar-refractivity contribution in [2.75, 3.05) is 26.6 Å². The van der Waals surface area contributed by atoms with Crippen LogP contribution in [0.5, 0.6) is 0 Å². The average molecular weight is 561 g/mol. The van der Waals surface area contributed by atoms with E-state index < -0.39 is 15.4 Å². The lowest BCUT2D eigenvalue weighted by atomic mass is 9.79. The number of hydrogen-bond donors (Lipinski definition) is 1. The number of nitrogens with zero attached hydrogens (tertiary/aromatic N) is 2. The topological polar surface area (TPSA) is 111 Å². The lowest BCUT2D eigenvalue weighted by Gasteiger charge is -2.38. The Morgan fingerprint density at radius 3 is 2.42 bits per heavy atom. The molecule has 1 atom stereocenters. The van der Waals surface area contributed by atoms with Crippen molar-refractivity contribution in [2.45, 2.75) is 35.7 Å². The first-order valence-electron chi connectivity index (χ1n) is 13.1. The molecule has 0 spiro atoms. The van der Waals surface area contributed by atoms with Crippen LogP contribution in [0.25, 0.3) is 22.4 Å². The minimum Gasteiger partial charge on any atom is -0.448 e. The summed E-state index contributed by atoms with van der Waals surface area (Å²) >= 11 is 0. The van der Waals surface area contributed by atoms with E-state index in [-0.39, 0.29) is 10.8 Å². The maximum Gasteiger partial charge on any atom is 0.181 e. The van der Waals surface area contributed by atoms with Crippen molar-refractivity contribution < 1.29 is 27.5 Å². The van der Waals surface area contributed by atoms with Gasteiger partial charge in [-0.25, -0.2) is 13.4 Å². The Labute approximate surface area is 234 Å². The quantitative estimate of drug-likeness (QED) is 0.155. The van der Waals surface area contributed by atoms with Gasteiger partial charge in [0.2, 0.25) is 0 Å². The first-order valence-corrected chi connectivity index (χ1v) is 15.0. The fraction of sp³-hybridized carbons (Fsp3) is 0.290. The Morgan fingerprint density at radius 2 is 1.77 bits per heavy atom.